The Bertz CT molecular complexity index is 1190. The number of sulfonamides is 1. The van der Waals surface area contributed by atoms with Crippen LogP contribution in [0.25, 0.3) is 11.5 Å². The predicted molar refractivity (Wildman–Crippen MR) is 110 cm³/mol. The van der Waals surface area contributed by atoms with Crippen LogP contribution in [0.5, 0.6) is 0 Å². The van der Waals surface area contributed by atoms with Crippen LogP contribution in [0, 0.1) is 10.1 Å². The standard InChI is InChI=1S/C19H18N4O7S/c1-20-16-8-7-15(9-17(16)23(25)26)31(27,28)21-10-18(24)29-11-14-12-30-19(22-14)13-5-3-2-4-6-13/h2-9,12,20-21H,10-11H2,1H3. The first-order chi connectivity index (χ1) is 14.8. The highest BCUT2D eigenvalue weighted by molar-refractivity contribution is 7.89. The molecular formula is C19H18N4O7S. The van der Waals surface area contributed by atoms with Gasteiger partial charge in [0.15, 0.2) is 0 Å². The Hall–Kier alpha value is -3.77. The molecule has 11 nitrogen and oxygen atoms in total. The molecule has 12 heteroatoms. The fraction of sp³-hybridized carbons (Fsp3) is 0.158. The molecule has 0 spiro atoms. The molecule has 0 aliphatic heterocycles. The van der Waals surface area contributed by atoms with Gasteiger partial charge >= 0.3 is 5.97 Å². The second-order valence-corrected chi connectivity index (χ2v) is 7.95. The largest absolute Gasteiger partial charge is 0.458 e. The maximum absolute atomic E-state index is 12.4. The Balaban J connectivity index is 1.57. The third-order valence-corrected chi connectivity index (χ3v) is 5.50. The number of carbonyl (C=O) groups excluding carboxylic acids is 1. The van der Waals surface area contributed by atoms with Gasteiger partial charge in [-0.1, -0.05) is 18.2 Å². The molecular weight excluding hydrogens is 428 g/mol. The first kappa shape index (κ1) is 21.9. The topological polar surface area (TPSA) is 154 Å². The molecule has 0 fully saturated rings. The number of nitrogens with one attached hydrogen (secondary N) is 2. The summed E-state index contributed by atoms with van der Waals surface area (Å²) in [5.74, 6) is -0.492. The highest BCUT2D eigenvalue weighted by atomic mass is 32.2. The maximum Gasteiger partial charge on any atom is 0.321 e. The molecule has 0 atom stereocenters. The van der Waals surface area contributed by atoms with Crippen molar-refractivity contribution in [3.63, 3.8) is 0 Å². The van der Waals surface area contributed by atoms with Crippen molar-refractivity contribution in [3.05, 3.63) is 70.6 Å². The molecule has 0 saturated carbocycles. The minimum atomic E-state index is -4.17. The number of nitrogens with zero attached hydrogens (tertiary/aromatic N) is 2. The third-order valence-electron chi connectivity index (χ3n) is 4.11. The van der Waals surface area contributed by atoms with Gasteiger partial charge in [-0.2, -0.15) is 4.72 Å². The van der Waals surface area contributed by atoms with Crippen LogP contribution in [0.1, 0.15) is 5.69 Å². The minimum absolute atomic E-state index is 0.158. The summed E-state index contributed by atoms with van der Waals surface area (Å²) in [7, 11) is -2.69. The van der Waals surface area contributed by atoms with Gasteiger partial charge < -0.3 is 14.5 Å². The Kier molecular flexibility index (Phi) is 6.62. The normalized spacial score (nSPS) is 11.1. The van der Waals surface area contributed by atoms with Crippen LogP contribution in [0.4, 0.5) is 11.4 Å². The molecule has 2 N–H and O–H groups in total. The first-order valence-electron chi connectivity index (χ1n) is 8.91. The number of hydrogen-bond acceptors (Lipinski definition) is 9. The number of oxazole rings is 1. The van der Waals surface area contributed by atoms with Crippen molar-refractivity contribution in [2.75, 3.05) is 18.9 Å². The maximum atomic E-state index is 12.4. The fourth-order valence-corrected chi connectivity index (χ4v) is 3.56. The zero-order chi connectivity index (χ0) is 22.4. The quantitative estimate of drug-likeness (QED) is 0.286. The van der Waals surface area contributed by atoms with Gasteiger partial charge in [0, 0.05) is 18.7 Å². The lowest BCUT2D eigenvalue weighted by Gasteiger charge is -2.08. The molecule has 31 heavy (non-hydrogen) atoms. The second kappa shape index (κ2) is 9.36. The Morgan fingerprint density at radius 2 is 1.97 bits per heavy atom. The van der Waals surface area contributed by atoms with E-state index in [0.29, 0.717) is 11.6 Å². The van der Waals surface area contributed by atoms with Gasteiger partial charge in [-0.25, -0.2) is 13.4 Å². The van der Waals surface area contributed by atoms with Gasteiger partial charge in [0.05, 0.1) is 9.82 Å². The summed E-state index contributed by atoms with van der Waals surface area (Å²) in [6.07, 6.45) is 1.34. The number of carbonyl (C=O) groups is 1. The number of nitro groups is 1. The summed E-state index contributed by atoms with van der Waals surface area (Å²) in [6, 6.07) is 12.5. The SMILES string of the molecule is CNc1ccc(S(=O)(=O)NCC(=O)OCc2coc(-c3ccccc3)n2)cc1[N+](=O)[O-]. The van der Waals surface area contributed by atoms with Gasteiger partial charge in [-0.05, 0) is 24.3 Å². The lowest BCUT2D eigenvalue weighted by atomic mass is 10.2. The van der Waals surface area contributed by atoms with Crippen LogP contribution in [0.2, 0.25) is 0 Å². The van der Waals surface area contributed by atoms with Crippen LogP contribution >= 0.6 is 0 Å². The van der Waals surface area contributed by atoms with E-state index in [2.05, 4.69) is 15.0 Å². The number of benzene rings is 2. The first-order valence-corrected chi connectivity index (χ1v) is 10.4. The summed E-state index contributed by atoms with van der Waals surface area (Å²) in [5, 5.41) is 13.7. The van der Waals surface area contributed by atoms with Gasteiger partial charge in [0.1, 0.15) is 30.8 Å². The number of nitro benzene ring substituents is 1. The van der Waals surface area contributed by atoms with Crippen LogP contribution in [-0.2, 0) is 26.2 Å². The molecule has 1 aromatic heterocycles. The molecule has 3 rings (SSSR count). The number of anilines is 1. The molecule has 0 radical (unpaired) electrons. The van der Waals surface area contributed by atoms with Crippen molar-refractivity contribution < 1.29 is 27.3 Å². The lowest BCUT2D eigenvalue weighted by Crippen LogP contribution is -2.30. The van der Waals surface area contributed by atoms with Crippen LogP contribution in [0.3, 0.4) is 0 Å². The molecule has 162 valence electrons. The van der Waals surface area contributed by atoms with Crippen molar-refractivity contribution in [1.29, 1.82) is 0 Å². The zero-order valence-electron chi connectivity index (χ0n) is 16.3. The van der Waals surface area contributed by atoms with Gasteiger partial charge in [0.25, 0.3) is 5.69 Å². The molecule has 0 aliphatic rings. The van der Waals surface area contributed by atoms with E-state index in [1.54, 1.807) is 0 Å². The molecule has 0 unspecified atom stereocenters. The van der Waals surface area contributed by atoms with E-state index in [0.717, 1.165) is 11.6 Å². The number of esters is 1. The van der Waals surface area contributed by atoms with Crippen LogP contribution in [0.15, 0.2) is 64.1 Å². The number of rotatable bonds is 9. The van der Waals surface area contributed by atoms with Gasteiger partial charge in [-0.15, -0.1) is 0 Å². The number of ether oxygens (including phenoxy) is 1. The molecule has 0 amide bonds. The summed E-state index contributed by atoms with van der Waals surface area (Å²) in [4.78, 5) is 26.2. The van der Waals surface area contributed by atoms with E-state index >= 15 is 0 Å². The van der Waals surface area contributed by atoms with Crippen molar-refractivity contribution in [2.24, 2.45) is 0 Å². The number of hydrogen-bond donors (Lipinski definition) is 2. The molecule has 0 saturated heterocycles. The predicted octanol–water partition coefficient (Wildman–Crippen LogP) is 2.31. The summed E-state index contributed by atoms with van der Waals surface area (Å²) < 4.78 is 37.1. The van der Waals surface area contributed by atoms with Crippen LogP contribution in [-0.4, -0.2) is 37.9 Å². The molecule has 0 bridgehead atoms. The Morgan fingerprint density at radius 1 is 1.23 bits per heavy atom. The molecule has 1 heterocycles. The Labute approximate surface area is 177 Å². The van der Waals surface area contributed by atoms with E-state index < -0.39 is 33.1 Å². The Morgan fingerprint density at radius 3 is 2.65 bits per heavy atom. The second-order valence-electron chi connectivity index (χ2n) is 6.18. The van der Waals surface area contributed by atoms with Crippen molar-refractivity contribution in [1.82, 2.24) is 9.71 Å². The monoisotopic (exact) mass is 446 g/mol. The summed E-state index contributed by atoms with van der Waals surface area (Å²) >= 11 is 0. The van der Waals surface area contributed by atoms with Crippen molar-refractivity contribution in [3.8, 4) is 11.5 Å². The smallest absolute Gasteiger partial charge is 0.321 e. The van der Waals surface area contributed by atoms with E-state index in [1.807, 2.05) is 30.3 Å². The van der Waals surface area contributed by atoms with E-state index in [9.17, 15) is 23.3 Å². The van der Waals surface area contributed by atoms with Crippen molar-refractivity contribution >= 4 is 27.4 Å². The minimum Gasteiger partial charge on any atom is -0.458 e. The summed E-state index contributed by atoms with van der Waals surface area (Å²) in [6.45, 7) is -0.869. The van der Waals surface area contributed by atoms with E-state index in [1.165, 1.54) is 25.4 Å². The molecule has 3 aromatic rings. The highest BCUT2D eigenvalue weighted by Gasteiger charge is 2.22. The zero-order valence-corrected chi connectivity index (χ0v) is 17.1. The molecule has 2 aromatic carbocycles. The van der Waals surface area contributed by atoms with Gasteiger partial charge in [-0.3, -0.25) is 14.9 Å². The molecule has 0 aliphatic carbocycles. The third kappa shape index (κ3) is 5.43. The summed E-state index contributed by atoms with van der Waals surface area (Å²) in [5.41, 5.74) is 0.860. The highest BCUT2D eigenvalue weighted by Crippen LogP contribution is 2.27. The van der Waals surface area contributed by atoms with Crippen molar-refractivity contribution in [2.45, 2.75) is 11.5 Å². The van der Waals surface area contributed by atoms with E-state index in [-0.39, 0.29) is 17.2 Å². The van der Waals surface area contributed by atoms with Gasteiger partial charge in [0.2, 0.25) is 15.9 Å². The van der Waals surface area contributed by atoms with E-state index in [4.69, 9.17) is 9.15 Å². The number of aromatic nitrogens is 1. The average Bonchev–Trinajstić information content (AvgIpc) is 3.25. The fourth-order valence-electron chi connectivity index (χ4n) is 2.57. The van der Waals surface area contributed by atoms with Crippen LogP contribution < -0.4 is 10.0 Å². The lowest BCUT2D eigenvalue weighted by molar-refractivity contribution is -0.384. The average molecular weight is 446 g/mol.